The predicted octanol–water partition coefficient (Wildman–Crippen LogP) is 1.87. The van der Waals surface area contributed by atoms with Gasteiger partial charge in [-0.1, -0.05) is 0 Å². The second-order valence-corrected chi connectivity index (χ2v) is 5.68. The lowest BCUT2D eigenvalue weighted by atomic mass is 10.2. The molecule has 1 amide bonds. The third kappa shape index (κ3) is 5.14. The number of carbonyl (C=O) groups excluding carboxylic acids is 1. The maximum Gasteiger partial charge on any atom is 0.328 e. The van der Waals surface area contributed by atoms with Crippen molar-refractivity contribution in [3.8, 4) is 0 Å². The van der Waals surface area contributed by atoms with E-state index in [1.807, 2.05) is 14.1 Å². The van der Waals surface area contributed by atoms with Gasteiger partial charge >= 0.3 is 5.97 Å². The molecule has 1 heterocycles. The Morgan fingerprint density at radius 2 is 2.00 bits per heavy atom. The Morgan fingerprint density at radius 1 is 1.30 bits per heavy atom. The van der Waals surface area contributed by atoms with E-state index in [0.717, 1.165) is 19.0 Å². The summed E-state index contributed by atoms with van der Waals surface area (Å²) < 4.78 is 0. The monoisotopic (exact) mass is 296 g/mol. The highest BCUT2D eigenvalue weighted by Crippen LogP contribution is 2.20. The highest BCUT2D eigenvalue weighted by molar-refractivity contribution is 7.12. The van der Waals surface area contributed by atoms with Crippen molar-refractivity contribution < 1.29 is 14.7 Å². The molecule has 0 saturated carbocycles. The summed E-state index contributed by atoms with van der Waals surface area (Å²) in [5, 5.41) is 10.4. The Kier molecular flexibility index (Phi) is 6.41. The van der Waals surface area contributed by atoms with Crippen LogP contribution >= 0.6 is 11.3 Å². The van der Waals surface area contributed by atoms with Gasteiger partial charge in [-0.25, -0.2) is 4.79 Å². The van der Waals surface area contributed by atoms with Crippen molar-refractivity contribution in [2.45, 2.75) is 6.42 Å². The van der Waals surface area contributed by atoms with Crippen LogP contribution in [0.25, 0.3) is 6.08 Å². The van der Waals surface area contributed by atoms with Crippen molar-refractivity contribution >= 4 is 29.3 Å². The van der Waals surface area contributed by atoms with Gasteiger partial charge in [0.1, 0.15) is 0 Å². The summed E-state index contributed by atoms with van der Waals surface area (Å²) in [6, 6.07) is 1.75. The first-order valence-electron chi connectivity index (χ1n) is 6.30. The number of hydrogen-bond acceptors (Lipinski definition) is 4. The molecule has 1 aromatic rings. The number of carboxylic acid groups (broad SMARTS) is 1. The topological polar surface area (TPSA) is 60.9 Å². The molecule has 0 unspecified atom stereocenters. The largest absolute Gasteiger partial charge is 0.478 e. The van der Waals surface area contributed by atoms with E-state index in [0.29, 0.717) is 17.0 Å². The molecule has 1 N–H and O–H groups in total. The van der Waals surface area contributed by atoms with Crippen molar-refractivity contribution in [2.24, 2.45) is 0 Å². The second-order valence-electron chi connectivity index (χ2n) is 4.76. The molecule has 0 aromatic carbocycles. The molecule has 0 atom stereocenters. The number of aliphatic carboxylic acids is 1. The highest BCUT2D eigenvalue weighted by Gasteiger charge is 2.16. The fraction of sp³-hybridized carbons (Fsp3) is 0.429. The fourth-order valence-corrected chi connectivity index (χ4v) is 2.56. The molecule has 0 fully saturated rings. The van der Waals surface area contributed by atoms with Gasteiger partial charge in [0.25, 0.3) is 5.91 Å². The van der Waals surface area contributed by atoms with E-state index in [4.69, 9.17) is 5.11 Å². The number of carboxylic acids is 1. The maximum absolute atomic E-state index is 12.3. The second kappa shape index (κ2) is 7.81. The van der Waals surface area contributed by atoms with Crippen LogP contribution in [0.2, 0.25) is 0 Å². The third-order valence-corrected chi connectivity index (χ3v) is 3.66. The Morgan fingerprint density at radius 3 is 2.60 bits per heavy atom. The fourth-order valence-electron chi connectivity index (χ4n) is 1.68. The Hall–Kier alpha value is -1.66. The minimum absolute atomic E-state index is 0.0659. The summed E-state index contributed by atoms with van der Waals surface area (Å²) in [7, 11) is 5.76. The summed E-state index contributed by atoms with van der Waals surface area (Å²) in [5.74, 6) is -1.09. The standard InChI is InChI=1S/C14H20N2O3S/c1-15(2)8-4-9-16(3)14(19)13-11(7-10-20-13)5-6-12(17)18/h5-7,10H,4,8-9H2,1-3H3,(H,17,18). The quantitative estimate of drug-likeness (QED) is 0.780. The van der Waals surface area contributed by atoms with Crippen LogP contribution in [0, 0.1) is 0 Å². The summed E-state index contributed by atoms with van der Waals surface area (Å²) in [6.45, 7) is 1.60. The molecule has 6 heteroatoms. The zero-order chi connectivity index (χ0) is 15.1. The van der Waals surface area contributed by atoms with Crippen molar-refractivity contribution in [1.29, 1.82) is 0 Å². The molecule has 1 rings (SSSR count). The van der Waals surface area contributed by atoms with E-state index in [1.165, 1.54) is 17.4 Å². The van der Waals surface area contributed by atoms with Crippen LogP contribution < -0.4 is 0 Å². The SMILES string of the molecule is CN(C)CCCN(C)C(=O)c1sccc1C=CC(=O)O. The van der Waals surface area contributed by atoms with Crippen LogP contribution in [0.5, 0.6) is 0 Å². The van der Waals surface area contributed by atoms with Gasteiger partial charge in [-0.2, -0.15) is 0 Å². The van der Waals surface area contributed by atoms with Gasteiger partial charge in [-0.15, -0.1) is 11.3 Å². The van der Waals surface area contributed by atoms with Gasteiger partial charge in [0.2, 0.25) is 0 Å². The van der Waals surface area contributed by atoms with Gasteiger partial charge in [0.05, 0.1) is 4.88 Å². The summed E-state index contributed by atoms with van der Waals surface area (Å²) in [6.07, 6.45) is 3.41. The summed E-state index contributed by atoms with van der Waals surface area (Å²) >= 11 is 1.33. The lowest BCUT2D eigenvalue weighted by molar-refractivity contribution is -0.131. The predicted molar refractivity (Wildman–Crippen MR) is 81.1 cm³/mol. The zero-order valence-corrected chi connectivity index (χ0v) is 12.8. The van der Waals surface area contributed by atoms with Crippen LogP contribution in [0.1, 0.15) is 21.7 Å². The molecule has 0 aliphatic heterocycles. The van der Waals surface area contributed by atoms with Gasteiger partial charge in [0.15, 0.2) is 0 Å². The Bertz CT molecular complexity index is 494. The average molecular weight is 296 g/mol. The number of hydrogen-bond donors (Lipinski definition) is 1. The molecule has 0 aliphatic carbocycles. The minimum atomic E-state index is -1.02. The minimum Gasteiger partial charge on any atom is -0.478 e. The summed E-state index contributed by atoms with van der Waals surface area (Å²) in [5.41, 5.74) is 0.654. The lowest BCUT2D eigenvalue weighted by Gasteiger charge is -2.18. The molecule has 1 aromatic heterocycles. The first-order chi connectivity index (χ1) is 9.41. The van der Waals surface area contributed by atoms with Gasteiger partial charge in [0, 0.05) is 19.7 Å². The van der Waals surface area contributed by atoms with Crippen LogP contribution in [0.3, 0.4) is 0 Å². The number of thiophene rings is 1. The van der Waals surface area contributed by atoms with E-state index < -0.39 is 5.97 Å². The van der Waals surface area contributed by atoms with Crippen molar-refractivity contribution in [3.63, 3.8) is 0 Å². The molecule has 20 heavy (non-hydrogen) atoms. The molecule has 110 valence electrons. The number of nitrogens with zero attached hydrogens (tertiary/aromatic N) is 2. The van der Waals surface area contributed by atoms with Gasteiger partial charge < -0.3 is 14.9 Å². The molecular weight excluding hydrogens is 276 g/mol. The molecule has 0 saturated heterocycles. The Balaban J connectivity index is 2.67. The average Bonchev–Trinajstić information content (AvgIpc) is 2.83. The Labute approximate surface area is 123 Å². The third-order valence-electron chi connectivity index (χ3n) is 2.74. The van der Waals surface area contributed by atoms with E-state index in [-0.39, 0.29) is 5.91 Å². The van der Waals surface area contributed by atoms with Gasteiger partial charge in [-0.3, -0.25) is 4.79 Å². The van der Waals surface area contributed by atoms with Crippen LogP contribution in [-0.4, -0.2) is 61.0 Å². The first-order valence-corrected chi connectivity index (χ1v) is 7.18. The molecular formula is C14H20N2O3S. The van der Waals surface area contributed by atoms with Crippen LogP contribution in [-0.2, 0) is 4.79 Å². The van der Waals surface area contributed by atoms with Crippen molar-refractivity contribution in [1.82, 2.24) is 9.80 Å². The molecule has 0 aliphatic rings. The van der Waals surface area contributed by atoms with Crippen molar-refractivity contribution in [2.75, 3.05) is 34.2 Å². The molecule has 0 radical (unpaired) electrons. The van der Waals surface area contributed by atoms with Crippen LogP contribution in [0.15, 0.2) is 17.5 Å². The van der Waals surface area contributed by atoms with E-state index in [1.54, 1.807) is 23.4 Å². The number of carbonyl (C=O) groups is 2. The van der Waals surface area contributed by atoms with E-state index in [2.05, 4.69) is 4.90 Å². The number of amides is 1. The van der Waals surface area contributed by atoms with Crippen LogP contribution in [0.4, 0.5) is 0 Å². The van der Waals surface area contributed by atoms with E-state index in [9.17, 15) is 9.59 Å². The normalized spacial score (nSPS) is 11.2. The maximum atomic E-state index is 12.3. The van der Waals surface area contributed by atoms with Crippen molar-refractivity contribution in [3.05, 3.63) is 28.0 Å². The van der Waals surface area contributed by atoms with E-state index >= 15 is 0 Å². The zero-order valence-electron chi connectivity index (χ0n) is 12.0. The molecule has 0 spiro atoms. The lowest BCUT2D eigenvalue weighted by Crippen LogP contribution is -2.29. The summed E-state index contributed by atoms with van der Waals surface area (Å²) in [4.78, 5) is 27.1. The number of rotatable bonds is 7. The molecule has 5 nitrogen and oxygen atoms in total. The highest BCUT2D eigenvalue weighted by atomic mass is 32.1. The first kappa shape index (κ1) is 16.4. The molecule has 0 bridgehead atoms. The van der Waals surface area contributed by atoms with Gasteiger partial charge in [-0.05, 0) is 50.1 Å². The smallest absolute Gasteiger partial charge is 0.328 e.